The summed E-state index contributed by atoms with van der Waals surface area (Å²) in [7, 11) is 1.57. The summed E-state index contributed by atoms with van der Waals surface area (Å²) < 4.78 is 15.7. The summed E-state index contributed by atoms with van der Waals surface area (Å²) in [4.78, 5) is 24.8. The molecule has 7 heteroatoms. The van der Waals surface area contributed by atoms with Gasteiger partial charge in [-0.05, 0) is 56.2 Å². The minimum absolute atomic E-state index is 0.0604. The minimum Gasteiger partial charge on any atom is -0.508 e. The molecular formula is C22H27NO6. The number of esters is 1. The van der Waals surface area contributed by atoms with Crippen molar-refractivity contribution in [2.75, 3.05) is 7.11 Å². The number of ether oxygens (including phenoxy) is 3. The number of phenolic OH excluding ortho intramolecular Hbond substituents is 1. The van der Waals surface area contributed by atoms with Gasteiger partial charge in [-0.2, -0.15) is 0 Å². The SMILES string of the molecule is COc1ccc(COC(=O)[C@@H](Cc2ccc(O)cc2)NC(=O)OC(C)(C)C)cc1. The molecule has 0 radical (unpaired) electrons. The van der Waals surface area contributed by atoms with Crippen molar-refractivity contribution in [3.8, 4) is 11.5 Å². The van der Waals surface area contributed by atoms with Crippen molar-refractivity contribution in [3.63, 3.8) is 0 Å². The molecule has 2 aromatic carbocycles. The Bertz CT molecular complexity index is 809. The molecule has 1 atom stereocenters. The summed E-state index contributed by atoms with van der Waals surface area (Å²) in [5.74, 6) is 0.240. The number of alkyl carbamates (subject to hydrolysis) is 1. The lowest BCUT2D eigenvalue weighted by atomic mass is 10.1. The predicted octanol–water partition coefficient (Wildman–Crippen LogP) is 3.58. The first-order valence-electron chi connectivity index (χ1n) is 9.23. The van der Waals surface area contributed by atoms with E-state index in [0.717, 1.165) is 11.1 Å². The Hall–Kier alpha value is -3.22. The highest BCUT2D eigenvalue weighted by molar-refractivity contribution is 5.81. The Labute approximate surface area is 170 Å². The average molecular weight is 401 g/mol. The third-order valence-corrected chi connectivity index (χ3v) is 3.89. The van der Waals surface area contributed by atoms with Crippen LogP contribution in [0.15, 0.2) is 48.5 Å². The molecule has 0 spiro atoms. The number of phenols is 1. The van der Waals surface area contributed by atoms with Gasteiger partial charge in [-0.15, -0.1) is 0 Å². The van der Waals surface area contributed by atoms with Crippen LogP contribution in [0.1, 0.15) is 31.9 Å². The van der Waals surface area contributed by atoms with Crippen molar-refractivity contribution in [2.45, 2.75) is 45.4 Å². The molecule has 2 aromatic rings. The number of benzene rings is 2. The Morgan fingerprint density at radius 2 is 1.59 bits per heavy atom. The molecule has 1 amide bonds. The third-order valence-electron chi connectivity index (χ3n) is 3.89. The molecule has 0 saturated carbocycles. The lowest BCUT2D eigenvalue weighted by Crippen LogP contribution is -2.45. The number of carbonyl (C=O) groups is 2. The molecule has 0 heterocycles. The number of hydrogen-bond acceptors (Lipinski definition) is 6. The molecule has 0 bridgehead atoms. The fourth-order valence-corrected chi connectivity index (χ4v) is 2.49. The minimum atomic E-state index is -0.937. The Balaban J connectivity index is 2.05. The Morgan fingerprint density at radius 3 is 2.14 bits per heavy atom. The zero-order chi connectivity index (χ0) is 21.4. The second kappa shape index (κ2) is 9.82. The molecule has 156 valence electrons. The fraction of sp³-hybridized carbons (Fsp3) is 0.364. The number of amides is 1. The summed E-state index contributed by atoms with van der Waals surface area (Å²) in [6, 6.07) is 12.6. The molecule has 0 aliphatic rings. The quantitative estimate of drug-likeness (QED) is 0.689. The first-order chi connectivity index (χ1) is 13.7. The highest BCUT2D eigenvalue weighted by atomic mass is 16.6. The van der Waals surface area contributed by atoms with Gasteiger partial charge in [0.25, 0.3) is 0 Å². The lowest BCUT2D eigenvalue weighted by Gasteiger charge is -2.23. The monoisotopic (exact) mass is 401 g/mol. The van der Waals surface area contributed by atoms with Crippen LogP contribution < -0.4 is 10.1 Å². The van der Waals surface area contributed by atoms with E-state index in [1.54, 1.807) is 64.3 Å². The second-order valence-corrected chi connectivity index (χ2v) is 7.53. The summed E-state index contributed by atoms with van der Waals surface area (Å²) >= 11 is 0. The van der Waals surface area contributed by atoms with Gasteiger partial charge in [0.15, 0.2) is 0 Å². The Kier molecular flexibility index (Phi) is 7.47. The van der Waals surface area contributed by atoms with Crippen molar-refractivity contribution in [3.05, 3.63) is 59.7 Å². The first kappa shape index (κ1) is 22.1. The van der Waals surface area contributed by atoms with E-state index in [1.165, 1.54) is 12.1 Å². The summed E-state index contributed by atoms with van der Waals surface area (Å²) in [6.45, 7) is 5.28. The van der Waals surface area contributed by atoms with Gasteiger partial charge < -0.3 is 24.6 Å². The smallest absolute Gasteiger partial charge is 0.408 e. The van der Waals surface area contributed by atoms with Crippen LogP contribution in [0.5, 0.6) is 11.5 Å². The molecule has 29 heavy (non-hydrogen) atoms. The molecule has 7 nitrogen and oxygen atoms in total. The molecule has 0 fully saturated rings. The second-order valence-electron chi connectivity index (χ2n) is 7.53. The van der Waals surface area contributed by atoms with Gasteiger partial charge in [0.2, 0.25) is 0 Å². The average Bonchev–Trinajstić information content (AvgIpc) is 2.66. The summed E-state index contributed by atoms with van der Waals surface area (Å²) in [6.07, 6.45) is -0.510. The highest BCUT2D eigenvalue weighted by Gasteiger charge is 2.26. The van der Waals surface area contributed by atoms with E-state index >= 15 is 0 Å². The van der Waals surface area contributed by atoms with Gasteiger partial charge in [0.05, 0.1) is 7.11 Å². The van der Waals surface area contributed by atoms with Crippen LogP contribution in [0.3, 0.4) is 0 Å². The van der Waals surface area contributed by atoms with Gasteiger partial charge in [-0.1, -0.05) is 24.3 Å². The van der Waals surface area contributed by atoms with Gasteiger partial charge >= 0.3 is 12.1 Å². The highest BCUT2D eigenvalue weighted by Crippen LogP contribution is 2.15. The maximum Gasteiger partial charge on any atom is 0.408 e. The normalized spacial score (nSPS) is 12.0. The number of hydrogen-bond donors (Lipinski definition) is 2. The molecule has 0 unspecified atom stereocenters. The molecule has 0 aromatic heterocycles. The summed E-state index contributed by atoms with van der Waals surface area (Å²) in [5, 5.41) is 12.0. The fourth-order valence-electron chi connectivity index (χ4n) is 2.49. The summed E-state index contributed by atoms with van der Waals surface area (Å²) in [5.41, 5.74) is 0.852. The first-order valence-corrected chi connectivity index (χ1v) is 9.23. The van der Waals surface area contributed by atoms with E-state index in [4.69, 9.17) is 14.2 Å². The molecule has 0 saturated heterocycles. The van der Waals surface area contributed by atoms with Crippen LogP contribution >= 0.6 is 0 Å². The van der Waals surface area contributed by atoms with Crippen LogP contribution in [0.25, 0.3) is 0 Å². The third kappa shape index (κ3) is 7.73. The predicted molar refractivity (Wildman–Crippen MR) is 108 cm³/mol. The van der Waals surface area contributed by atoms with E-state index in [2.05, 4.69) is 5.32 Å². The van der Waals surface area contributed by atoms with Crippen molar-refractivity contribution in [1.29, 1.82) is 0 Å². The maximum atomic E-state index is 12.6. The largest absolute Gasteiger partial charge is 0.508 e. The Morgan fingerprint density at radius 1 is 1.00 bits per heavy atom. The van der Waals surface area contributed by atoms with E-state index in [0.29, 0.717) is 5.75 Å². The number of nitrogens with one attached hydrogen (secondary N) is 1. The lowest BCUT2D eigenvalue weighted by molar-refractivity contribution is -0.147. The van der Waals surface area contributed by atoms with Crippen LogP contribution in [-0.2, 0) is 27.3 Å². The number of methoxy groups -OCH3 is 1. The topological polar surface area (TPSA) is 94.1 Å². The molecular weight excluding hydrogens is 374 g/mol. The van der Waals surface area contributed by atoms with E-state index < -0.39 is 23.7 Å². The van der Waals surface area contributed by atoms with Gasteiger partial charge in [-0.3, -0.25) is 0 Å². The number of aromatic hydroxyl groups is 1. The van der Waals surface area contributed by atoms with Crippen molar-refractivity contribution < 1.29 is 28.9 Å². The van der Waals surface area contributed by atoms with Gasteiger partial charge in [0.1, 0.15) is 29.7 Å². The van der Waals surface area contributed by atoms with E-state index in [9.17, 15) is 14.7 Å². The molecule has 2 N–H and O–H groups in total. The number of carbonyl (C=O) groups excluding carboxylic acids is 2. The number of rotatable bonds is 7. The van der Waals surface area contributed by atoms with Crippen LogP contribution in [0.4, 0.5) is 4.79 Å². The van der Waals surface area contributed by atoms with Gasteiger partial charge in [-0.25, -0.2) is 9.59 Å². The van der Waals surface area contributed by atoms with Crippen molar-refractivity contribution >= 4 is 12.1 Å². The molecule has 0 aliphatic carbocycles. The zero-order valence-corrected chi connectivity index (χ0v) is 17.1. The van der Waals surface area contributed by atoms with E-state index in [1.807, 2.05) is 0 Å². The van der Waals surface area contributed by atoms with Crippen LogP contribution in [0, 0.1) is 0 Å². The van der Waals surface area contributed by atoms with Crippen molar-refractivity contribution in [2.24, 2.45) is 0 Å². The van der Waals surface area contributed by atoms with Crippen LogP contribution in [-0.4, -0.2) is 35.9 Å². The zero-order valence-electron chi connectivity index (χ0n) is 17.1. The van der Waals surface area contributed by atoms with Crippen molar-refractivity contribution in [1.82, 2.24) is 5.32 Å². The maximum absolute atomic E-state index is 12.6. The standard InChI is InChI=1S/C22H27NO6/c1-22(2,3)29-21(26)23-19(13-15-5-9-17(24)10-6-15)20(25)28-14-16-7-11-18(27-4)12-8-16/h5-12,19,24H,13-14H2,1-4H3,(H,23,26)/t19-/m1/s1. The van der Waals surface area contributed by atoms with E-state index in [-0.39, 0.29) is 18.8 Å². The molecule has 2 rings (SSSR count). The van der Waals surface area contributed by atoms with Gasteiger partial charge in [0, 0.05) is 6.42 Å². The van der Waals surface area contributed by atoms with Crippen LogP contribution in [0.2, 0.25) is 0 Å². The molecule has 0 aliphatic heterocycles.